The highest BCUT2D eigenvalue weighted by atomic mass is 16.3. The van der Waals surface area contributed by atoms with Crippen LogP contribution < -0.4 is 0 Å². The van der Waals surface area contributed by atoms with Crippen LogP contribution >= 0.6 is 0 Å². The van der Waals surface area contributed by atoms with E-state index in [9.17, 15) is 9.90 Å². The van der Waals surface area contributed by atoms with Crippen molar-refractivity contribution >= 4 is 5.78 Å². The largest absolute Gasteiger partial charge is 0.507 e. The van der Waals surface area contributed by atoms with Gasteiger partial charge in [-0.3, -0.25) is 4.79 Å². The summed E-state index contributed by atoms with van der Waals surface area (Å²) in [6.45, 7) is 18.6. The van der Waals surface area contributed by atoms with Gasteiger partial charge in [0.2, 0.25) is 0 Å². The summed E-state index contributed by atoms with van der Waals surface area (Å²) in [5.41, 5.74) is 4.93. The van der Waals surface area contributed by atoms with Crippen molar-refractivity contribution in [1.29, 1.82) is 0 Å². The van der Waals surface area contributed by atoms with E-state index in [-0.39, 0.29) is 22.5 Å². The maximum atomic E-state index is 13.3. The molecule has 136 valence electrons. The first-order valence-corrected chi connectivity index (χ1v) is 9.07. The number of allylic oxidation sites excluding steroid dienone is 9. The lowest BCUT2D eigenvalue weighted by molar-refractivity contribution is -0.113. The molecule has 0 bridgehead atoms. The Morgan fingerprint density at radius 1 is 0.960 bits per heavy atom. The van der Waals surface area contributed by atoms with E-state index in [1.807, 2.05) is 26.0 Å². The average molecular weight is 341 g/mol. The van der Waals surface area contributed by atoms with E-state index in [2.05, 4.69) is 54.5 Å². The molecule has 0 spiro atoms. The molecule has 1 unspecified atom stereocenters. The van der Waals surface area contributed by atoms with E-state index in [0.717, 1.165) is 33.4 Å². The molecule has 2 rings (SSSR count). The normalized spacial score (nSPS) is 25.7. The molecule has 0 saturated carbocycles. The van der Waals surface area contributed by atoms with E-state index >= 15 is 0 Å². The van der Waals surface area contributed by atoms with Gasteiger partial charge in [0.1, 0.15) is 5.76 Å². The summed E-state index contributed by atoms with van der Waals surface area (Å²) in [6, 6.07) is 0. The second kappa shape index (κ2) is 6.16. The summed E-state index contributed by atoms with van der Waals surface area (Å²) < 4.78 is 0. The van der Waals surface area contributed by atoms with Gasteiger partial charge in [-0.15, -0.1) is 0 Å². The van der Waals surface area contributed by atoms with Crippen LogP contribution in [-0.4, -0.2) is 10.9 Å². The van der Waals surface area contributed by atoms with Crippen LogP contribution in [0, 0.1) is 16.7 Å². The molecule has 1 N–H and O–H groups in total. The maximum Gasteiger partial charge on any atom is 0.189 e. The third-order valence-electron chi connectivity index (χ3n) is 4.92. The minimum Gasteiger partial charge on any atom is -0.507 e. The van der Waals surface area contributed by atoms with Gasteiger partial charge in [-0.25, -0.2) is 0 Å². The molecule has 0 aromatic heterocycles. The Kier molecular flexibility index (Phi) is 4.80. The highest BCUT2D eigenvalue weighted by molar-refractivity contribution is 6.13. The lowest BCUT2D eigenvalue weighted by Crippen LogP contribution is -2.27. The molecule has 0 aromatic rings. The van der Waals surface area contributed by atoms with Crippen molar-refractivity contribution in [2.75, 3.05) is 0 Å². The fraction of sp³-hybridized carbons (Fsp3) is 0.522. The van der Waals surface area contributed by atoms with E-state index in [4.69, 9.17) is 0 Å². The van der Waals surface area contributed by atoms with Crippen molar-refractivity contribution < 1.29 is 9.90 Å². The molecule has 2 aliphatic rings. The molecule has 0 aromatic carbocycles. The van der Waals surface area contributed by atoms with E-state index in [0.29, 0.717) is 5.76 Å². The predicted octanol–water partition coefficient (Wildman–Crippen LogP) is 6.24. The van der Waals surface area contributed by atoms with Crippen molar-refractivity contribution in [1.82, 2.24) is 0 Å². The SMILES string of the molecule is CC1=CC(=C2C(C(C)(C)C)=C(O)C(C)=CC2C)C(=O)C(C(C)(C)C)=C1. The maximum absolute atomic E-state index is 13.3. The van der Waals surface area contributed by atoms with Gasteiger partial charge in [0, 0.05) is 22.6 Å². The minimum atomic E-state index is -0.249. The molecule has 25 heavy (non-hydrogen) atoms. The Labute approximate surface area is 152 Å². The fourth-order valence-corrected chi connectivity index (χ4v) is 3.76. The Morgan fingerprint density at radius 2 is 1.52 bits per heavy atom. The predicted molar refractivity (Wildman–Crippen MR) is 105 cm³/mol. The number of aliphatic hydroxyl groups is 1. The van der Waals surface area contributed by atoms with Crippen LogP contribution in [0.25, 0.3) is 0 Å². The quantitative estimate of drug-likeness (QED) is 0.530. The number of carbonyl (C=O) groups excluding carboxylic acids is 1. The van der Waals surface area contributed by atoms with Gasteiger partial charge < -0.3 is 5.11 Å². The number of carbonyl (C=O) groups is 1. The standard InChI is InChI=1S/C23H32O2/c1-13-10-16(21(25)17(11-13)22(4,5)6)18-14(2)12-15(3)20(24)19(18)23(7,8)9/h10-12,14,24H,1-9H3. The van der Waals surface area contributed by atoms with E-state index < -0.39 is 0 Å². The Morgan fingerprint density at radius 3 is 2.00 bits per heavy atom. The molecular weight excluding hydrogens is 308 g/mol. The lowest BCUT2D eigenvalue weighted by atomic mass is 9.69. The molecule has 0 amide bonds. The van der Waals surface area contributed by atoms with Crippen molar-refractivity contribution in [3.05, 3.63) is 57.4 Å². The summed E-state index contributed by atoms with van der Waals surface area (Å²) in [7, 11) is 0. The van der Waals surface area contributed by atoms with Gasteiger partial charge in [-0.05, 0) is 47.5 Å². The summed E-state index contributed by atoms with van der Waals surface area (Å²) in [5, 5.41) is 10.8. The third-order valence-corrected chi connectivity index (χ3v) is 4.92. The van der Waals surface area contributed by atoms with Crippen LogP contribution in [0.5, 0.6) is 0 Å². The second-order valence-electron chi connectivity index (χ2n) is 9.46. The molecule has 2 aliphatic carbocycles. The van der Waals surface area contributed by atoms with Gasteiger partial charge in [0.25, 0.3) is 0 Å². The first kappa shape index (κ1) is 19.5. The summed E-state index contributed by atoms with van der Waals surface area (Å²) in [6.07, 6.45) is 6.04. The molecule has 0 saturated heterocycles. The second-order valence-corrected chi connectivity index (χ2v) is 9.46. The number of aliphatic hydroxyl groups excluding tert-OH is 1. The van der Waals surface area contributed by atoms with Crippen molar-refractivity contribution in [2.24, 2.45) is 16.7 Å². The highest BCUT2D eigenvalue weighted by Gasteiger charge is 2.36. The monoisotopic (exact) mass is 340 g/mol. The molecular formula is C23H32O2. The molecule has 0 radical (unpaired) electrons. The summed E-state index contributed by atoms with van der Waals surface area (Å²) in [4.78, 5) is 13.3. The first-order valence-electron chi connectivity index (χ1n) is 9.07. The Bertz CT molecular complexity index is 766. The first-order chi connectivity index (χ1) is 11.2. The Balaban J connectivity index is 2.81. The smallest absolute Gasteiger partial charge is 0.189 e. The van der Waals surface area contributed by atoms with Gasteiger partial charge in [0.15, 0.2) is 5.78 Å². The zero-order chi connectivity index (χ0) is 19.3. The van der Waals surface area contributed by atoms with Crippen molar-refractivity contribution in [3.63, 3.8) is 0 Å². The van der Waals surface area contributed by atoms with Crippen LogP contribution in [0.4, 0.5) is 0 Å². The molecule has 0 fully saturated rings. The van der Waals surface area contributed by atoms with Crippen LogP contribution in [0.1, 0.15) is 62.3 Å². The molecule has 0 heterocycles. The number of Topliss-reactive ketones (excluding diaryl/α,β-unsaturated/α-hetero) is 1. The van der Waals surface area contributed by atoms with Crippen molar-refractivity contribution in [3.8, 4) is 0 Å². The lowest BCUT2D eigenvalue weighted by Gasteiger charge is -2.35. The zero-order valence-electron chi connectivity index (χ0n) is 17.2. The molecule has 1 atom stereocenters. The topological polar surface area (TPSA) is 37.3 Å². The summed E-state index contributed by atoms with van der Waals surface area (Å²) >= 11 is 0. The van der Waals surface area contributed by atoms with E-state index in [1.54, 1.807) is 0 Å². The van der Waals surface area contributed by atoms with Crippen LogP contribution in [0.2, 0.25) is 0 Å². The highest BCUT2D eigenvalue weighted by Crippen LogP contribution is 2.45. The van der Waals surface area contributed by atoms with E-state index in [1.165, 1.54) is 0 Å². The minimum absolute atomic E-state index is 0.0856. The third kappa shape index (κ3) is 3.58. The molecule has 2 heteroatoms. The van der Waals surface area contributed by atoms with Gasteiger partial charge in [-0.1, -0.05) is 60.6 Å². The van der Waals surface area contributed by atoms with Crippen LogP contribution in [0.15, 0.2) is 57.4 Å². The Hall–Kier alpha value is -1.83. The number of rotatable bonds is 0. The van der Waals surface area contributed by atoms with Gasteiger partial charge >= 0.3 is 0 Å². The fourth-order valence-electron chi connectivity index (χ4n) is 3.76. The molecule has 2 nitrogen and oxygen atoms in total. The number of hydrogen-bond donors (Lipinski definition) is 1. The van der Waals surface area contributed by atoms with Gasteiger partial charge in [0.05, 0.1) is 0 Å². The van der Waals surface area contributed by atoms with Crippen molar-refractivity contribution in [2.45, 2.75) is 62.3 Å². The summed E-state index contributed by atoms with van der Waals surface area (Å²) in [5.74, 6) is 0.494. The van der Waals surface area contributed by atoms with Gasteiger partial charge in [-0.2, -0.15) is 0 Å². The average Bonchev–Trinajstić information content (AvgIpc) is 2.42. The van der Waals surface area contributed by atoms with Crippen LogP contribution in [-0.2, 0) is 4.79 Å². The number of hydrogen-bond acceptors (Lipinski definition) is 2. The molecule has 0 aliphatic heterocycles. The number of ketones is 1. The zero-order valence-corrected chi connectivity index (χ0v) is 17.2. The van der Waals surface area contributed by atoms with Crippen LogP contribution in [0.3, 0.4) is 0 Å².